The van der Waals surface area contributed by atoms with Crippen molar-refractivity contribution in [2.24, 2.45) is 0 Å². The summed E-state index contributed by atoms with van der Waals surface area (Å²) in [6.07, 6.45) is 2.88. The zero-order chi connectivity index (χ0) is 20.7. The fraction of sp³-hybridized carbons (Fsp3) is 0.280. The van der Waals surface area contributed by atoms with E-state index in [-0.39, 0.29) is 30.5 Å². The molecule has 1 N–H and O–H groups in total. The number of benzene rings is 3. The number of para-hydroxylation sites is 1. The minimum absolute atomic E-state index is 0.0624. The van der Waals surface area contributed by atoms with E-state index in [1.54, 1.807) is 0 Å². The van der Waals surface area contributed by atoms with Crippen molar-refractivity contribution in [2.75, 3.05) is 11.5 Å². The van der Waals surface area contributed by atoms with Gasteiger partial charge in [0.1, 0.15) is 5.75 Å². The first-order valence-electron chi connectivity index (χ1n) is 10.5. The Kier molecular flexibility index (Phi) is 4.66. The van der Waals surface area contributed by atoms with Crippen LogP contribution >= 0.6 is 0 Å². The third-order valence-electron chi connectivity index (χ3n) is 5.81. The molecule has 2 aliphatic rings. The Labute approximate surface area is 175 Å². The number of nitrogens with zero attached hydrogens (tertiary/aromatic N) is 1. The molecule has 0 aromatic heterocycles. The van der Waals surface area contributed by atoms with E-state index in [1.165, 1.54) is 5.56 Å². The Morgan fingerprint density at radius 3 is 2.50 bits per heavy atom. The van der Waals surface area contributed by atoms with E-state index in [9.17, 15) is 9.59 Å². The largest absolute Gasteiger partial charge is 0.483 e. The van der Waals surface area contributed by atoms with Crippen LogP contribution in [0, 0.1) is 0 Å². The molecule has 152 valence electrons. The van der Waals surface area contributed by atoms with Gasteiger partial charge in [0.2, 0.25) is 0 Å². The minimum atomic E-state index is -0.149. The number of anilines is 1. The van der Waals surface area contributed by atoms with Crippen LogP contribution in [0.15, 0.2) is 60.7 Å². The monoisotopic (exact) mass is 400 g/mol. The summed E-state index contributed by atoms with van der Waals surface area (Å²) in [5.41, 5.74) is 2.60. The highest BCUT2D eigenvalue weighted by atomic mass is 16.5. The maximum absolute atomic E-state index is 13.7. The fourth-order valence-electron chi connectivity index (χ4n) is 4.15. The quantitative estimate of drug-likeness (QED) is 0.702. The van der Waals surface area contributed by atoms with E-state index in [2.05, 4.69) is 18.3 Å². The van der Waals surface area contributed by atoms with Gasteiger partial charge in [0.15, 0.2) is 6.61 Å². The van der Waals surface area contributed by atoms with Crippen LogP contribution in [0.3, 0.4) is 0 Å². The lowest BCUT2D eigenvalue weighted by Crippen LogP contribution is -2.36. The molecule has 2 amide bonds. The Morgan fingerprint density at radius 2 is 1.73 bits per heavy atom. The fourth-order valence-corrected chi connectivity index (χ4v) is 4.15. The summed E-state index contributed by atoms with van der Waals surface area (Å²) in [6, 6.07) is 20.0. The number of rotatable bonds is 5. The number of nitrogens with one attached hydrogen (secondary N) is 1. The van der Waals surface area contributed by atoms with Crippen molar-refractivity contribution in [3.8, 4) is 5.75 Å². The lowest BCUT2D eigenvalue weighted by atomic mass is 10.0. The van der Waals surface area contributed by atoms with Crippen molar-refractivity contribution < 1.29 is 14.3 Å². The molecule has 3 aromatic rings. The van der Waals surface area contributed by atoms with Gasteiger partial charge in [-0.25, -0.2) is 0 Å². The van der Waals surface area contributed by atoms with Crippen molar-refractivity contribution in [3.63, 3.8) is 0 Å². The molecule has 3 aromatic carbocycles. The molecule has 1 unspecified atom stereocenters. The second kappa shape index (κ2) is 7.48. The van der Waals surface area contributed by atoms with E-state index in [4.69, 9.17) is 4.74 Å². The van der Waals surface area contributed by atoms with Crippen molar-refractivity contribution in [1.29, 1.82) is 0 Å². The van der Waals surface area contributed by atoms with Crippen LogP contribution < -0.4 is 15.0 Å². The molecule has 0 saturated heterocycles. The molecule has 5 rings (SSSR count). The number of carbonyl (C=O) groups excluding carboxylic acids is 2. The molecule has 1 atom stereocenters. The molecular weight excluding hydrogens is 376 g/mol. The molecule has 1 fully saturated rings. The number of carbonyl (C=O) groups is 2. The van der Waals surface area contributed by atoms with Crippen molar-refractivity contribution in [1.82, 2.24) is 5.32 Å². The molecule has 5 nitrogen and oxygen atoms in total. The van der Waals surface area contributed by atoms with E-state index >= 15 is 0 Å². The lowest BCUT2D eigenvalue weighted by Gasteiger charge is -2.24. The Morgan fingerprint density at radius 1 is 1.03 bits per heavy atom. The Balaban J connectivity index is 1.50. The number of hydrogen-bond donors (Lipinski definition) is 1. The van der Waals surface area contributed by atoms with Crippen molar-refractivity contribution in [3.05, 3.63) is 71.8 Å². The maximum atomic E-state index is 13.7. The minimum Gasteiger partial charge on any atom is -0.483 e. The van der Waals surface area contributed by atoms with Gasteiger partial charge in [0.25, 0.3) is 11.8 Å². The van der Waals surface area contributed by atoms with Gasteiger partial charge in [-0.2, -0.15) is 0 Å². The van der Waals surface area contributed by atoms with Crippen LogP contribution in [-0.4, -0.2) is 30.5 Å². The van der Waals surface area contributed by atoms with Gasteiger partial charge >= 0.3 is 0 Å². The van der Waals surface area contributed by atoms with Crippen LogP contribution in [0.2, 0.25) is 0 Å². The molecule has 0 radical (unpaired) electrons. The van der Waals surface area contributed by atoms with E-state index < -0.39 is 0 Å². The number of ether oxygens (including phenoxy) is 1. The van der Waals surface area contributed by atoms with Gasteiger partial charge in [-0.1, -0.05) is 42.5 Å². The molecule has 0 bridgehead atoms. The summed E-state index contributed by atoms with van der Waals surface area (Å²) in [7, 11) is 0. The first-order valence-corrected chi connectivity index (χ1v) is 10.5. The molecule has 30 heavy (non-hydrogen) atoms. The van der Waals surface area contributed by atoms with Crippen molar-refractivity contribution >= 4 is 28.3 Å². The molecule has 5 heteroatoms. The standard InChI is InChI=1S/C25H24N2O3/c1-16-12-19-8-4-5-9-22(19)27(16)25(29)21-13-17-6-2-3-7-18(17)14-23(21)30-15-24(28)26-20-10-11-20/h2-9,13-14,16,20H,10-12,15H2,1H3,(H,26,28). The van der Waals surface area contributed by atoms with Crippen LogP contribution in [0.25, 0.3) is 10.8 Å². The van der Waals surface area contributed by atoms with Gasteiger partial charge in [0.05, 0.1) is 5.56 Å². The highest BCUT2D eigenvalue weighted by Gasteiger charge is 2.33. The molecule has 1 aliphatic carbocycles. The number of amides is 2. The molecule has 0 spiro atoms. The zero-order valence-electron chi connectivity index (χ0n) is 16.9. The van der Waals surface area contributed by atoms with Gasteiger partial charge in [0, 0.05) is 17.8 Å². The lowest BCUT2D eigenvalue weighted by molar-refractivity contribution is -0.123. The van der Waals surface area contributed by atoms with Gasteiger partial charge in [-0.05, 0) is 60.7 Å². The summed E-state index contributed by atoms with van der Waals surface area (Å²) in [5.74, 6) is 0.195. The van der Waals surface area contributed by atoms with Gasteiger partial charge in [-0.15, -0.1) is 0 Å². The molecular formula is C25H24N2O3. The average molecular weight is 400 g/mol. The Bertz CT molecular complexity index is 1140. The van der Waals surface area contributed by atoms with E-state index in [0.717, 1.165) is 35.7 Å². The highest BCUT2D eigenvalue weighted by Crippen LogP contribution is 2.35. The summed E-state index contributed by atoms with van der Waals surface area (Å²) >= 11 is 0. The van der Waals surface area contributed by atoms with Crippen LogP contribution in [-0.2, 0) is 11.2 Å². The van der Waals surface area contributed by atoms with Gasteiger partial charge < -0.3 is 15.0 Å². The van der Waals surface area contributed by atoms with E-state index in [1.807, 2.05) is 59.5 Å². The normalized spacial score (nSPS) is 17.6. The third kappa shape index (κ3) is 3.52. The number of fused-ring (bicyclic) bond motifs is 2. The topological polar surface area (TPSA) is 58.6 Å². The van der Waals surface area contributed by atoms with Crippen LogP contribution in [0.1, 0.15) is 35.7 Å². The molecule has 1 saturated carbocycles. The van der Waals surface area contributed by atoms with Crippen LogP contribution in [0.5, 0.6) is 5.75 Å². The summed E-state index contributed by atoms with van der Waals surface area (Å²) in [5, 5.41) is 4.87. The van der Waals surface area contributed by atoms with Crippen LogP contribution in [0.4, 0.5) is 5.69 Å². The van der Waals surface area contributed by atoms with Gasteiger partial charge in [-0.3, -0.25) is 9.59 Å². The second-order valence-corrected chi connectivity index (χ2v) is 8.18. The first-order chi connectivity index (χ1) is 14.6. The zero-order valence-corrected chi connectivity index (χ0v) is 16.9. The number of hydrogen-bond acceptors (Lipinski definition) is 3. The second-order valence-electron chi connectivity index (χ2n) is 8.18. The van der Waals surface area contributed by atoms with Crippen molar-refractivity contribution in [2.45, 2.75) is 38.3 Å². The highest BCUT2D eigenvalue weighted by molar-refractivity contribution is 6.11. The summed E-state index contributed by atoms with van der Waals surface area (Å²) < 4.78 is 5.88. The maximum Gasteiger partial charge on any atom is 0.262 e. The molecule has 1 aliphatic heterocycles. The Hall–Kier alpha value is -3.34. The smallest absolute Gasteiger partial charge is 0.262 e. The summed E-state index contributed by atoms with van der Waals surface area (Å²) in [6.45, 7) is 1.96. The predicted octanol–water partition coefficient (Wildman–Crippen LogP) is 4.09. The SMILES string of the molecule is CC1Cc2ccccc2N1C(=O)c1cc2ccccc2cc1OCC(=O)NC1CC1. The predicted molar refractivity (Wildman–Crippen MR) is 117 cm³/mol. The summed E-state index contributed by atoms with van der Waals surface area (Å²) in [4.78, 5) is 27.7. The van der Waals surface area contributed by atoms with E-state index in [0.29, 0.717) is 11.3 Å². The third-order valence-corrected chi connectivity index (χ3v) is 5.81. The average Bonchev–Trinajstić information content (AvgIpc) is 3.50. The first kappa shape index (κ1) is 18.7. The molecule has 1 heterocycles.